The number of amides is 1. The van der Waals surface area contributed by atoms with E-state index >= 15 is 0 Å². The van der Waals surface area contributed by atoms with Gasteiger partial charge in [0, 0.05) is 5.69 Å². The zero-order valence-corrected chi connectivity index (χ0v) is 18.3. The summed E-state index contributed by atoms with van der Waals surface area (Å²) in [7, 11) is 3.24. The van der Waals surface area contributed by atoms with Gasteiger partial charge in [0.25, 0.3) is 0 Å². The molecule has 0 saturated carbocycles. The maximum atomic E-state index is 13.4. The molecular weight excluding hydrogens is 390 g/mol. The normalized spacial score (nSPS) is 15.4. The van der Waals surface area contributed by atoms with Gasteiger partial charge >= 0.3 is 0 Å². The number of fused-ring (bicyclic) bond motifs is 1. The first-order valence-corrected chi connectivity index (χ1v) is 10.4. The minimum Gasteiger partial charge on any atom is -0.494 e. The van der Waals surface area contributed by atoms with Crippen LogP contribution in [0, 0.1) is 6.92 Å². The maximum absolute atomic E-state index is 13.4. The number of carbonyl (C=O) groups is 1. The highest BCUT2D eigenvalue weighted by Crippen LogP contribution is 2.44. The van der Waals surface area contributed by atoms with Gasteiger partial charge in [-0.15, -0.1) is 0 Å². The zero-order chi connectivity index (χ0) is 22.0. The number of hydrogen-bond donors (Lipinski definition) is 0. The third-order valence-electron chi connectivity index (χ3n) is 5.69. The molecule has 5 heteroatoms. The smallest absolute Gasteiger partial charge is 0.232 e. The summed E-state index contributed by atoms with van der Waals surface area (Å²) in [4.78, 5) is 15.3. The van der Waals surface area contributed by atoms with Crippen molar-refractivity contribution in [3.8, 4) is 17.2 Å². The van der Waals surface area contributed by atoms with E-state index in [0.717, 1.165) is 33.7 Å². The van der Waals surface area contributed by atoms with Gasteiger partial charge in [0.1, 0.15) is 5.75 Å². The Morgan fingerprint density at radius 3 is 2.29 bits per heavy atom. The van der Waals surface area contributed by atoms with Gasteiger partial charge in [-0.1, -0.05) is 30.3 Å². The lowest BCUT2D eigenvalue weighted by Crippen LogP contribution is -2.41. The number of carbonyl (C=O) groups excluding carboxylic acids is 1. The van der Waals surface area contributed by atoms with E-state index in [4.69, 9.17) is 14.2 Å². The molecule has 0 aliphatic carbocycles. The van der Waals surface area contributed by atoms with E-state index in [1.807, 2.05) is 79.4 Å². The van der Waals surface area contributed by atoms with Crippen molar-refractivity contribution in [1.29, 1.82) is 0 Å². The molecular formula is C26H27NO4. The third-order valence-corrected chi connectivity index (χ3v) is 5.69. The molecule has 0 aromatic heterocycles. The molecule has 1 heterocycles. The quantitative estimate of drug-likeness (QED) is 0.561. The number of benzene rings is 3. The number of methoxy groups -OCH3 is 2. The summed E-state index contributed by atoms with van der Waals surface area (Å²) in [5, 5.41) is 0. The largest absolute Gasteiger partial charge is 0.494 e. The molecule has 1 amide bonds. The van der Waals surface area contributed by atoms with Crippen molar-refractivity contribution < 1.29 is 19.0 Å². The average Bonchev–Trinajstić information content (AvgIpc) is 2.79. The van der Waals surface area contributed by atoms with Gasteiger partial charge in [-0.05, 0) is 66.4 Å². The van der Waals surface area contributed by atoms with Crippen LogP contribution in [0.4, 0.5) is 5.69 Å². The second-order valence-corrected chi connectivity index (χ2v) is 7.54. The van der Waals surface area contributed by atoms with Crippen LogP contribution >= 0.6 is 0 Å². The van der Waals surface area contributed by atoms with Crippen molar-refractivity contribution in [3.63, 3.8) is 0 Å². The van der Waals surface area contributed by atoms with Gasteiger partial charge in [-0.2, -0.15) is 0 Å². The van der Waals surface area contributed by atoms with Crippen LogP contribution in [0.1, 0.15) is 35.2 Å². The molecule has 1 atom stereocenters. The summed E-state index contributed by atoms with van der Waals surface area (Å²) in [5.74, 6) is 2.14. The Balaban J connectivity index is 1.92. The first-order valence-electron chi connectivity index (χ1n) is 10.4. The lowest BCUT2D eigenvalue weighted by Gasteiger charge is -2.38. The number of rotatable bonds is 6. The molecule has 0 fully saturated rings. The number of aryl methyl sites for hydroxylation is 1. The summed E-state index contributed by atoms with van der Waals surface area (Å²) in [6.07, 6.45) is 0.303. The minimum atomic E-state index is -0.284. The number of nitrogens with zero attached hydrogens (tertiary/aromatic N) is 1. The molecule has 160 valence electrons. The van der Waals surface area contributed by atoms with Crippen LogP contribution in [0.2, 0.25) is 0 Å². The topological polar surface area (TPSA) is 48.0 Å². The molecule has 3 aromatic rings. The highest BCUT2D eigenvalue weighted by atomic mass is 16.5. The molecule has 5 nitrogen and oxygen atoms in total. The first kappa shape index (κ1) is 20.8. The summed E-state index contributed by atoms with van der Waals surface area (Å²) >= 11 is 0. The van der Waals surface area contributed by atoms with Crippen molar-refractivity contribution in [2.45, 2.75) is 26.3 Å². The highest BCUT2D eigenvalue weighted by Gasteiger charge is 2.36. The van der Waals surface area contributed by atoms with E-state index in [2.05, 4.69) is 0 Å². The van der Waals surface area contributed by atoms with Crippen LogP contribution in [0.15, 0.2) is 60.7 Å². The molecule has 0 radical (unpaired) electrons. The monoisotopic (exact) mass is 417 g/mol. The highest BCUT2D eigenvalue weighted by molar-refractivity contribution is 5.99. The molecule has 4 rings (SSSR count). The predicted molar refractivity (Wildman–Crippen MR) is 121 cm³/mol. The van der Waals surface area contributed by atoms with Crippen LogP contribution in [-0.4, -0.2) is 26.7 Å². The van der Waals surface area contributed by atoms with Gasteiger partial charge in [-0.3, -0.25) is 4.79 Å². The Morgan fingerprint density at radius 2 is 1.65 bits per heavy atom. The molecule has 1 aliphatic heterocycles. The predicted octanol–water partition coefficient (Wildman–Crippen LogP) is 5.09. The molecule has 3 aromatic carbocycles. The maximum Gasteiger partial charge on any atom is 0.232 e. The Labute approximate surface area is 183 Å². The van der Waals surface area contributed by atoms with Gasteiger partial charge in [-0.25, -0.2) is 0 Å². The molecule has 0 bridgehead atoms. The average molecular weight is 418 g/mol. The van der Waals surface area contributed by atoms with Crippen molar-refractivity contribution in [1.82, 2.24) is 0 Å². The van der Waals surface area contributed by atoms with Gasteiger partial charge in [0.15, 0.2) is 11.5 Å². The van der Waals surface area contributed by atoms with Crippen molar-refractivity contribution >= 4 is 11.6 Å². The Hall–Kier alpha value is -3.47. The second-order valence-electron chi connectivity index (χ2n) is 7.54. The van der Waals surface area contributed by atoms with E-state index in [-0.39, 0.29) is 11.9 Å². The van der Waals surface area contributed by atoms with Crippen molar-refractivity contribution in [2.24, 2.45) is 0 Å². The summed E-state index contributed by atoms with van der Waals surface area (Å²) in [6, 6.07) is 19.6. The third kappa shape index (κ3) is 3.83. The van der Waals surface area contributed by atoms with Crippen LogP contribution in [-0.2, 0) is 11.2 Å². The van der Waals surface area contributed by atoms with Crippen LogP contribution in [0.3, 0.4) is 0 Å². The summed E-state index contributed by atoms with van der Waals surface area (Å²) in [5.41, 5.74) is 4.95. The number of ether oxygens (including phenoxy) is 3. The molecule has 1 unspecified atom stereocenters. The standard InChI is InChI=1S/C26H27NO4/c1-5-31-20-12-10-18(11-13-20)26-21-16-24(30-4)23(29-3)14-19(21)15-25(28)27(26)22-9-7-6-8-17(22)2/h6-14,16,26H,5,15H2,1-4H3. The lowest BCUT2D eigenvalue weighted by atomic mass is 9.86. The van der Waals surface area contributed by atoms with Crippen LogP contribution in [0.25, 0.3) is 0 Å². The molecule has 0 N–H and O–H groups in total. The van der Waals surface area contributed by atoms with E-state index in [1.54, 1.807) is 14.2 Å². The van der Waals surface area contributed by atoms with Crippen molar-refractivity contribution in [2.75, 3.05) is 25.7 Å². The van der Waals surface area contributed by atoms with E-state index in [1.165, 1.54) is 0 Å². The Bertz CT molecular complexity index is 1090. The summed E-state index contributed by atoms with van der Waals surface area (Å²) < 4.78 is 16.7. The fourth-order valence-corrected chi connectivity index (χ4v) is 4.22. The SMILES string of the molecule is CCOc1ccc(C2c3cc(OC)c(OC)cc3CC(=O)N2c2ccccc2C)cc1. The molecule has 1 aliphatic rings. The second kappa shape index (κ2) is 8.72. The van der Waals surface area contributed by atoms with Gasteiger partial charge in [0.2, 0.25) is 5.91 Å². The molecule has 31 heavy (non-hydrogen) atoms. The van der Waals surface area contributed by atoms with E-state index in [9.17, 15) is 4.79 Å². The molecule has 0 spiro atoms. The molecule has 0 saturated heterocycles. The number of para-hydroxylation sites is 1. The Morgan fingerprint density at radius 1 is 0.968 bits per heavy atom. The Kier molecular flexibility index (Phi) is 5.85. The van der Waals surface area contributed by atoms with E-state index < -0.39 is 0 Å². The van der Waals surface area contributed by atoms with Crippen LogP contribution in [0.5, 0.6) is 17.2 Å². The lowest BCUT2D eigenvalue weighted by molar-refractivity contribution is -0.118. The van der Waals surface area contributed by atoms with Crippen LogP contribution < -0.4 is 19.1 Å². The number of hydrogen-bond acceptors (Lipinski definition) is 4. The van der Waals surface area contributed by atoms with Gasteiger partial charge in [0.05, 0.1) is 33.3 Å². The fraction of sp³-hybridized carbons (Fsp3) is 0.269. The van der Waals surface area contributed by atoms with E-state index in [0.29, 0.717) is 24.5 Å². The number of anilines is 1. The van der Waals surface area contributed by atoms with Gasteiger partial charge < -0.3 is 19.1 Å². The first-order chi connectivity index (χ1) is 15.1. The fourth-order valence-electron chi connectivity index (χ4n) is 4.22. The summed E-state index contributed by atoms with van der Waals surface area (Å²) in [6.45, 7) is 4.60. The minimum absolute atomic E-state index is 0.0490. The van der Waals surface area contributed by atoms with Crippen molar-refractivity contribution in [3.05, 3.63) is 82.9 Å². The zero-order valence-electron chi connectivity index (χ0n) is 18.3.